The first kappa shape index (κ1) is 14.2. The van der Waals surface area contributed by atoms with E-state index < -0.39 is 12.0 Å². The van der Waals surface area contributed by atoms with E-state index in [9.17, 15) is 9.59 Å². The molecule has 1 aromatic heterocycles. The number of rotatable bonds is 7. The largest absolute Gasteiger partial charge is 0.475 e. The van der Waals surface area contributed by atoms with Gasteiger partial charge in [0.1, 0.15) is 5.76 Å². The van der Waals surface area contributed by atoms with Gasteiger partial charge in [0.2, 0.25) is 11.7 Å². The monoisotopic (exact) mass is 256 g/mol. The fraction of sp³-hybridized carbons (Fsp3) is 0.455. The minimum Gasteiger partial charge on any atom is -0.475 e. The number of hydrogen-bond acceptors (Lipinski definition) is 5. The molecule has 1 atom stereocenters. The third-order valence-corrected chi connectivity index (χ3v) is 2.28. The molecule has 1 unspecified atom stereocenters. The van der Waals surface area contributed by atoms with E-state index in [4.69, 9.17) is 20.0 Å². The molecule has 0 aliphatic carbocycles. The Morgan fingerprint density at radius 3 is 2.83 bits per heavy atom. The van der Waals surface area contributed by atoms with Gasteiger partial charge < -0.3 is 25.3 Å². The van der Waals surface area contributed by atoms with E-state index >= 15 is 0 Å². The van der Waals surface area contributed by atoms with Crippen molar-refractivity contribution in [3.8, 4) is 0 Å². The number of carbonyl (C=O) groups excluding carboxylic acids is 1. The zero-order valence-corrected chi connectivity index (χ0v) is 10.0. The van der Waals surface area contributed by atoms with Gasteiger partial charge in [0.05, 0.1) is 12.6 Å². The van der Waals surface area contributed by atoms with Crippen molar-refractivity contribution < 1.29 is 23.8 Å². The fourth-order valence-corrected chi connectivity index (χ4v) is 1.27. The number of aromatic carboxylic acids is 1. The van der Waals surface area contributed by atoms with Crippen LogP contribution in [0.4, 0.5) is 0 Å². The van der Waals surface area contributed by atoms with Gasteiger partial charge >= 0.3 is 5.97 Å². The highest BCUT2D eigenvalue weighted by Crippen LogP contribution is 2.07. The summed E-state index contributed by atoms with van der Waals surface area (Å²) in [5.74, 6) is -1.28. The fourth-order valence-electron chi connectivity index (χ4n) is 1.27. The summed E-state index contributed by atoms with van der Waals surface area (Å²) in [7, 11) is 1.53. The molecule has 0 fully saturated rings. The maximum Gasteiger partial charge on any atom is 0.371 e. The molecular formula is C11H16N2O5. The summed E-state index contributed by atoms with van der Waals surface area (Å²) < 4.78 is 9.79. The molecule has 18 heavy (non-hydrogen) atoms. The molecule has 0 aliphatic rings. The highest BCUT2D eigenvalue weighted by Gasteiger charge is 2.14. The van der Waals surface area contributed by atoms with Crippen LogP contribution in [0.2, 0.25) is 0 Å². The second kappa shape index (κ2) is 6.77. The van der Waals surface area contributed by atoms with E-state index in [1.54, 1.807) is 0 Å². The lowest BCUT2D eigenvalue weighted by Crippen LogP contribution is -2.40. The standard InChI is InChI=1S/C11H16N2O5/c1-17-5-4-8(12)10(14)13-6-7-2-3-9(18-7)11(15)16/h2-3,8H,4-6,12H2,1H3,(H,13,14)(H,15,16). The minimum absolute atomic E-state index is 0.104. The smallest absolute Gasteiger partial charge is 0.371 e. The van der Waals surface area contributed by atoms with E-state index in [-0.39, 0.29) is 18.2 Å². The van der Waals surface area contributed by atoms with Gasteiger partial charge in [-0.15, -0.1) is 0 Å². The van der Waals surface area contributed by atoms with E-state index in [1.165, 1.54) is 19.2 Å². The molecule has 1 aromatic rings. The van der Waals surface area contributed by atoms with Gasteiger partial charge in [0, 0.05) is 13.7 Å². The summed E-state index contributed by atoms with van der Waals surface area (Å²) in [6.45, 7) is 0.505. The average molecular weight is 256 g/mol. The van der Waals surface area contributed by atoms with Crippen LogP contribution in [0, 0.1) is 0 Å². The Morgan fingerprint density at radius 2 is 2.28 bits per heavy atom. The predicted octanol–water partition coefficient (Wildman–Crippen LogP) is -0.0422. The van der Waals surface area contributed by atoms with Gasteiger partial charge in [-0.3, -0.25) is 4.79 Å². The Labute approximate surface area is 104 Å². The lowest BCUT2D eigenvalue weighted by Gasteiger charge is -2.10. The summed E-state index contributed by atoms with van der Waals surface area (Å²) in [6, 6.07) is 2.16. The molecule has 0 spiro atoms. The molecule has 0 radical (unpaired) electrons. The van der Waals surface area contributed by atoms with Crippen molar-refractivity contribution in [1.29, 1.82) is 0 Å². The number of carboxylic acids is 1. The SMILES string of the molecule is COCCC(N)C(=O)NCc1ccc(C(=O)O)o1. The lowest BCUT2D eigenvalue weighted by atomic mass is 10.2. The Bertz CT molecular complexity index is 415. The maximum atomic E-state index is 11.5. The number of ether oxygens (including phenoxy) is 1. The zero-order valence-electron chi connectivity index (χ0n) is 10.0. The van der Waals surface area contributed by atoms with Crippen LogP contribution in [0.15, 0.2) is 16.5 Å². The van der Waals surface area contributed by atoms with Gasteiger partial charge in [-0.05, 0) is 18.6 Å². The molecule has 100 valence electrons. The summed E-state index contributed by atoms with van der Waals surface area (Å²) in [6.07, 6.45) is 0.418. The Hall–Kier alpha value is -1.86. The predicted molar refractivity (Wildman–Crippen MR) is 62.0 cm³/mol. The van der Waals surface area contributed by atoms with Crippen molar-refractivity contribution in [1.82, 2.24) is 5.32 Å². The first-order valence-corrected chi connectivity index (χ1v) is 5.39. The second-order valence-corrected chi connectivity index (χ2v) is 3.68. The summed E-state index contributed by atoms with van der Waals surface area (Å²) in [5.41, 5.74) is 5.60. The van der Waals surface area contributed by atoms with Crippen LogP contribution >= 0.6 is 0 Å². The number of carbonyl (C=O) groups is 2. The van der Waals surface area contributed by atoms with Crippen molar-refractivity contribution in [2.24, 2.45) is 5.73 Å². The lowest BCUT2D eigenvalue weighted by molar-refractivity contribution is -0.123. The van der Waals surface area contributed by atoms with Gasteiger partial charge in [-0.1, -0.05) is 0 Å². The molecule has 0 saturated carbocycles. The van der Waals surface area contributed by atoms with Crippen LogP contribution in [0.25, 0.3) is 0 Å². The average Bonchev–Trinajstić information content (AvgIpc) is 2.81. The number of hydrogen-bond donors (Lipinski definition) is 3. The van der Waals surface area contributed by atoms with Crippen molar-refractivity contribution in [2.45, 2.75) is 19.0 Å². The van der Waals surface area contributed by atoms with Gasteiger partial charge in [0.25, 0.3) is 0 Å². The summed E-state index contributed by atoms with van der Waals surface area (Å²) in [4.78, 5) is 22.1. The number of furan rings is 1. The van der Waals surface area contributed by atoms with Crippen LogP contribution in [-0.2, 0) is 16.1 Å². The Balaban J connectivity index is 2.39. The van der Waals surface area contributed by atoms with Gasteiger partial charge in [-0.25, -0.2) is 4.79 Å². The number of nitrogens with two attached hydrogens (primary N) is 1. The highest BCUT2D eigenvalue weighted by molar-refractivity contribution is 5.84. The maximum absolute atomic E-state index is 11.5. The van der Waals surface area contributed by atoms with E-state index in [1.807, 2.05) is 0 Å². The quantitative estimate of drug-likeness (QED) is 0.630. The Morgan fingerprint density at radius 1 is 1.56 bits per heavy atom. The molecule has 7 heteroatoms. The zero-order chi connectivity index (χ0) is 13.5. The van der Waals surface area contributed by atoms with Crippen molar-refractivity contribution in [2.75, 3.05) is 13.7 Å². The molecule has 4 N–H and O–H groups in total. The van der Waals surface area contributed by atoms with E-state index in [0.717, 1.165) is 0 Å². The van der Waals surface area contributed by atoms with Gasteiger partial charge in [-0.2, -0.15) is 0 Å². The molecular weight excluding hydrogens is 240 g/mol. The van der Waals surface area contributed by atoms with Crippen LogP contribution in [0.1, 0.15) is 22.7 Å². The molecule has 0 aromatic carbocycles. The van der Waals surface area contributed by atoms with Crippen molar-refractivity contribution >= 4 is 11.9 Å². The number of amides is 1. The first-order chi connectivity index (χ1) is 8.54. The molecule has 0 bridgehead atoms. The third-order valence-electron chi connectivity index (χ3n) is 2.28. The first-order valence-electron chi connectivity index (χ1n) is 5.39. The summed E-state index contributed by atoms with van der Waals surface area (Å²) in [5, 5.41) is 11.2. The molecule has 7 nitrogen and oxygen atoms in total. The van der Waals surface area contributed by atoms with Crippen LogP contribution in [0.5, 0.6) is 0 Å². The number of carboxylic acid groups (broad SMARTS) is 1. The van der Waals surface area contributed by atoms with Crippen LogP contribution < -0.4 is 11.1 Å². The molecule has 1 rings (SSSR count). The van der Waals surface area contributed by atoms with Crippen LogP contribution in [-0.4, -0.2) is 36.7 Å². The third kappa shape index (κ3) is 4.19. The van der Waals surface area contributed by atoms with E-state index in [0.29, 0.717) is 18.8 Å². The van der Waals surface area contributed by atoms with Crippen molar-refractivity contribution in [3.05, 3.63) is 23.7 Å². The molecule has 0 saturated heterocycles. The minimum atomic E-state index is -1.15. The Kier molecular flexibility index (Phi) is 5.34. The normalized spacial score (nSPS) is 12.1. The van der Waals surface area contributed by atoms with Gasteiger partial charge in [0.15, 0.2) is 0 Å². The summed E-state index contributed by atoms with van der Waals surface area (Å²) >= 11 is 0. The topological polar surface area (TPSA) is 115 Å². The molecule has 1 amide bonds. The second-order valence-electron chi connectivity index (χ2n) is 3.68. The van der Waals surface area contributed by atoms with E-state index in [2.05, 4.69) is 5.32 Å². The number of methoxy groups -OCH3 is 1. The number of nitrogens with one attached hydrogen (secondary N) is 1. The highest BCUT2D eigenvalue weighted by atomic mass is 16.5. The van der Waals surface area contributed by atoms with Crippen molar-refractivity contribution in [3.63, 3.8) is 0 Å². The molecule has 0 aliphatic heterocycles. The molecule has 1 heterocycles. The van der Waals surface area contributed by atoms with Crippen LogP contribution in [0.3, 0.4) is 0 Å².